The molecule has 0 radical (unpaired) electrons. The zero-order valence-corrected chi connectivity index (χ0v) is 10.6. The lowest BCUT2D eigenvalue weighted by atomic mass is 10.1. The van der Waals surface area contributed by atoms with Gasteiger partial charge in [-0.05, 0) is 18.2 Å². The Hall–Kier alpha value is -1.53. The van der Waals surface area contributed by atoms with E-state index in [0.29, 0.717) is 0 Å². The molecule has 0 bridgehead atoms. The van der Waals surface area contributed by atoms with Gasteiger partial charge in [-0.25, -0.2) is 4.98 Å². The molecule has 1 N–H and O–H groups in total. The van der Waals surface area contributed by atoms with Crippen LogP contribution in [0.5, 0.6) is 0 Å². The highest BCUT2D eigenvalue weighted by atomic mass is 35.5. The van der Waals surface area contributed by atoms with Crippen molar-refractivity contribution in [2.24, 2.45) is 0 Å². The van der Waals surface area contributed by atoms with Crippen LogP contribution in [0.2, 0.25) is 10.0 Å². The van der Waals surface area contributed by atoms with Gasteiger partial charge >= 0.3 is 6.18 Å². The molecule has 1 aromatic carbocycles. The molecule has 2 aromatic rings. The number of nitrogens with one attached hydrogen (secondary N) is 1. The van der Waals surface area contributed by atoms with Crippen LogP contribution in [0.1, 0.15) is 5.82 Å². The number of halogens is 5. The molecule has 1 aromatic heterocycles. The lowest BCUT2D eigenvalue weighted by Gasteiger charge is -2.08. The fourth-order valence-electron chi connectivity index (χ4n) is 1.44. The van der Waals surface area contributed by atoms with Gasteiger partial charge in [-0.1, -0.05) is 23.2 Å². The van der Waals surface area contributed by atoms with E-state index < -0.39 is 17.6 Å². The number of H-pyrrole nitrogens is 1. The van der Waals surface area contributed by atoms with Gasteiger partial charge in [0, 0.05) is 21.7 Å². The van der Waals surface area contributed by atoms with Gasteiger partial charge < -0.3 is 4.98 Å². The number of rotatable bonds is 1. The minimum atomic E-state index is -4.74. The van der Waals surface area contributed by atoms with Gasteiger partial charge in [0.25, 0.3) is 5.56 Å². The van der Waals surface area contributed by atoms with Crippen molar-refractivity contribution in [3.63, 3.8) is 0 Å². The number of aromatic amines is 1. The molecule has 19 heavy (non-hydrogen) atoms. The fraction of sp³-hybridized carbons (Fsp3) is 0.0909. The van der Waals surface area contributed by atoms with Crippen molar-refractivity contribution < 1.29 is 13.2 Å². The van der Waals surface area contributed by atoms with Crippen LogP contribution in [0.4, 0.5) is 13.2 Å². The van der Waals surface area contributed by atoms with Crippen LogP contribution in [-0.4, -0.2) is 9.97 Å². The predicted molar refractivity (Wildman–Crippen MR) is 65.3 cm³/mol. The van der Waals surface area contributed by atoms with Crippen molar-refractivity contribution in [3.05, 3.63) is 50.5 Å². The molecule has 0 aliphatic carbocycles. The first kappa shape index (κ1) is 13.9. The van der Waals surface area contributed by atoms with E-state index in [4.69, 9.17) is 23.2 Å². The summed E-state index contributed by atoms with van der Waals surface area (Å²) in [6.07, 6.45) is -4.74. The summed E-state index contributed by atoms with van der Waals surface area (Å²) in [6.45, 7) is 0. The topological polar surface area (TPSA) is 45.8 Å². The first-order valence-corrected chi connectivity index (χ1v) is 5.66. The van der Waals surface area contributed by atoms with Crippen molar-refractivity contribution in [1.29, 1.82) is 0 Å². The first-order chi connectivity index (χ1) is 8.75. The second-order valence-corrected chi connectivity index (χ2v) is 4.51. The van der Waals surface area contributed by atoms with Crippen molar-refractivity contribution in [2.75, 3.05) is 0 Å². The van der Waals surface area contributed by atoms with E-state index in [2.05, 4.69) is 4.98 Å². The Morgan fingerprint density at radius 1 is 1.05 bits per heavy atom. The van der Waals surface area contributed by atoms with Crippen LogP contribution in [-0.2, 0) is 6.18 Å². The Kier molecular flexibility index (Phi) is 3.56. The monoisotopic (exact) mass is 308 g/mol. The van der Waals surface area contributed by atoms with E-state index >= 15 is 0 Å². The van der Waals surface area contributed by atoms with Gasteiger partial charge in [0.1, 0.15) is 0 Å². The number of hydrogen-bond donors (Lipinski definition) is 1. The maximum atomic E-state index is 12.5. The zero-order valence-electron chi connectivity index (χ0n) is 9.05. The molecule has 0 amide bonds. The standard InChI is InChI=1S/C11H5Cl2F3N2O/c12-6-1-5(2-7(13)3-6)8-4-9(19)18-10(17-8)11(14,15)16/h1-4H,(H,17,18,19). The lowest BCUT2D eigenvalue weighted by Crippen LogP contribution is -2.18. The molecule has 0 fully saturated rings. The lowest BCUT2D eigenvalue weighted by molar-refractivity contribution is -0.145. The molecule has 0 unspecified atom stereocenters. The van der Waals surface area contributed by atoms with Crippen LogP contribution in [0.3, 0.4) is 0 Å². The maximum Gasteiger partial charge on any atom is 0.449 e. The third kappa shape index (κ3) is 3.27. The van der Waals surface area contributed by atoms with Gasteiger partial charge in [0.05, 0.1) is 5.69 Å². The molecule has 3 nitrogen and oxygen atoms in total. The number of aromatic nitrogens is 2. The largest absolute Gasteiger partial charge is 0.449 e. The van der Waals surface area contributed by atoms with Crippen LogP contribution in [0.15, 0.2) is 29.1 Å². The highest BCUT2D eigenvalue weighted by Gasteiger charge is 2.34. The molecule has 8 heteroatoms. The molecule has 0 atom stereocenters. The molecule has 2 rings (SSSR count). The van der Waals surface area contributed by atoms with Crippen molar-refractivity contribution in [3.8, 4) is 11.3 Å². The van der Waals surface area contributed by atoms with Gasteiger partial charge in [-0.15, -0.1) is 0 Å². The number of nitrogens with zero attached hydrogens (tertiary/aromatic N) is 1. The summed E-state index contributed by atoms with van der Waals surface area (Å²) in [5.41, 5.74) is -0.831. The molecule has 0 spiro atoms. The second-order valence-electron chi connectivity index (χ2n) is 3.64. The molecule has 0 saturated carbocycles. The molecular formula is C11H5Cl2F3N2O. The van der Waals surface area contributed by atoms with Crippen molar-refractivity contribution in [1.82, 2.24) is 9.97 Å². The third-order valence-corrected chi connectivity index (χ3v) is 2.60. The molecular weight excluding hydrogens is 304 g/mol. The average Bonchev–Trinajstić information content (AvgIpc) is 2.25. The highest BCUT2D eigenvalue weighted by molar-refractivity contribution is 6.35. The summed E-state index contributed by atoms with van der Waals surface area (Å²) in [5.74, 6) is -1.37. The SMILES string of the molecule is O=c1cc(-c2cc(Cl)cc(Cl)c2)nc(C(F)(F)F)[nH]1. The predicted octanol–water partition coefficient (Wildman–Crippen LogP) is 3.76. The molecule has 1 heterocycles. The smallest absolute Gasteiger partial charge is 0.303 e. The summed E-state index contributed by atoms with van der Waals surface area (Å²) in [5, 5.41) is 0.469. The second kappa shape index (κ2) is 4.86. The first-order valence-electron chi connectivity index (χ1n) is 4.91. The Balaban J connectivity index is 2.63. The molecule has 0 aliphatic rings. The van der Waals surface area contributed by atoms with Gasteiger partial charge in [0.2, 0.25) is 5.82 Å². The minimum Gasteiger partial charge on any atom is -0.303 e. The normalized spacial score (nSPS) is 11.6. The Morgan fingerprint density at radius 3 is 2.16 bits per heavy atom. The van der Waals surface area contributed by atoms with E-state index in [1.807, 2.05) is 0 Å². The van der Waals surface area contributed by atoms with Crippen LogP contribution in [0, 0.1) is 0 Å². The van der Waals surface area contributed by atoms with E-state index in [1.165, 1.54) is 18.2 Å². The van der Waals surface area contributed by atoms with E-state index in [1.54, 1.807) is 4.98 Å². The van der Waals surface area contributed by atoms with Crippen LogP contribution in [0.25, 0.3) is 11.3 Å². The number of alkyl halides is 3. The highest BCUT2D eigenvalue weighted by Crippen LogP contribution is 2.29. The zero-order chi connectivity index (χ0) is 14.2. The van der Waals surface area contributed by atoms with E-state index in [0.717, 1.165) is 6.07 Å². The molecule has 0 saturated heterocycles. The van der Waals surface area contributed by atoms with Crippen molar-refractivity contribution >= 4 is 23.2 Å². The number of benzene rings is 1. The van der Waals surface area contributed by atoms with Crippen LogP contribution < -0.4 is 5.56 Å². The molecule has 0 aliphatic heterocycles. The Morgan fingerprint density at radius 2 is 1.63 bits per heavy atom. The van der Waals surface area contributed by atoms with Gasteiger partial charge in [0.15, 0.2) is 0 Å². The number of hydrogen-bond acceptors (Lipinski definition) is 2. The fourth-order valence-corrected chi connectivity index (χ4v) is 1.97. The van der Waals surface area contributed by atoms with Gasteiger partial charge in [-0.2, -0.15) is 13.2 Å². The quantitative estimate of drug-likeness (QED) is 0.871. The summed E-state index contributed by atoms with van der Waals surface area (Å²) in [4.78, 5) is 16.2. The Bertz CT molecular complexity index is 662. The Labute approximate surface area is 115 Å². The summed E-state index contributed by atoms with van der Waals surface area (Å²) in [6, 6.07) is 5.10. The summed E-state index contributed by atoms with van der Waals surface area (Å²) in [7, 11) is 0. The van der Waals surface area contributed by atoms with Gasteiger partial charge in [-0.3, -0.25) is 4.79 Å². The summed E-state index contributed by atoms with van der Waals surface area (Å²) < 4.78 is 37.6. The molecule has 100 valence electrons. The van der Waals surface area contributed by atoms with Crippen molar-refractivity contribution in [2.45, 2.75) is 6.18 Å². The minimum absolute atomic E-state index is 0.152. The van der Waals surface area contributed by atoms with Crippen LogP contribution >= 0.6 is 23.2 Å². The maximum absolute atomic E-state index is 12.5. The average molecular weight is 309 g/mol. The van der Waals surface area contributed by atoms with E-state index in [-0.39, 0.29) is 21.3 Å². The summed E-state index contributed by atoms with van der Waals surface area (Å²) >= 11 is 11.5. The third-order valence-electron chi connectivity index (χ3n) is 2.17. The van der Waals surface area contributed by atoms with E-state index in [9.17, 15) is 18.0 Å².